The number of fused-ring (bicyclic) bond motifs is 2. The van der Waals surface area contributed by atoms with Crippen LogP contribution in [0.3, 0.4) is 0 Å². The Kier molecular flexibility index (Phi) is 5.90. The van der Waals surface area contributed by atoms with Crippen molar-refractivity contribution in [3.05, 3.63) is 50.4 Å². The molecule has 4 rings (SSSR count). The van der Waals surface area contributed by atoms with Gasteiger partial charge in [0.1, 0.15) is 10.7 Å². The van der Waals surface area contributed by atoms with Crippen LogP contribution in [0.1, 0.15) is 33.0 Å². The van der Waals surface area contributed by atoms with Crippen LogP contribution in [0.5, 0.6) is 11.5 Å². The van der Waals surface area contributed by atoms with Gasteiger partial charge < -0.3 is 14.8 Å². The largest absolute Gasteiger partial charge is 0.493 e. The van der Waals surface area contributed by atoms with E-state index in [1.807, 2.05) is 0 Å². The minimum absolute atomic E-state index is 0.0446. The number of ether oxygens (including phenoxy) is 2. The van der Waals surface area contributed by atoms with Crippen molar-refractivity contribution >= 4 is 27.5 Å². The first-order valence-corrected chi connectivity index (χ1v) is 10.6. The summed E-state index contributed by atoms with van der Waals surface area (Å²) in [5.41, 5.74) is 1.36. The van der Waals surface area contributed by atoms with Gasteiger partial charge in [-0.2, -0.15) is 8.78 Å². The van der Waals surface area contributed by atoms with Gasteiger partial charge >= 0.3 is 6.61 Å². The number of amides is 1. The molecule has 3 heterocycles. The molecular weight excluding hydrogens is 428 g/mol. The Labute approximate surface area is 180 Å². The summed E-state index contributed by atoms with van der Waals surface area (Å²) in [6, 6.07) is 4.65. The Hall–Kier alpha value is -3.01. The lowest BCUT2D eigenvalue weighted by molar-refractivity contribution is -0.0512. The van der Waals surface area contributed by atoms with E-state index in [1.54, 1.807) is 23.6 Å². The summed E-state index contributed by atoms with van der Waals surface area (Å²) in [6.07, 6.45) is 2.15. The van der Waals surface area contributed by atoms with Crippen LogP contribution in [0.2, 0.25) is 0 Å². The van der Waals surface area contributed by atoms with E-state index in [0.29, 0.717) is 40.2 Å². The highest BCUT2D eigenvalue weighted by atomic mass is 32.1. The van der Waals surface area contributed by atoms with Crippen LogP contribution in [-0.4, -0.2) is 35.7 Å². The lowest BCUT2D eigenvalue weighted by Gasteiger charge is -2.11. The molecule has 2 aromatic heterocycles. The molecule has 0 aliphatic carbocycles. The molecule has 0 fully saturated rings. The zero-order chi connectivity index (χ0) is 22.1. The smallest absolute Gasteiger partial charge is 0.387 e. The van der Waals surface area contributed by atoms with Crippen LogP contribution in [0.4, 0.5) is 8.78 Å². The van der Waals surface area contributed by atoms with Crippen molar-refractivity contribution in [2.75, 3.05) is 13.7 Å². The molecule has 0 unspecified atom stereocenters. The average Bonchev–Trinajstić information content (AvgIpc) is 3.33. The molecule has 0 radical (unpaired) electrons. The molecule has 1 aromatic carbocycles. The van der Waals surface area contributed by atoms with Gasteiger partial charge in [0.15, 0.2) is 11.5 Å². The van der Waals surface area contributed by atoms with E-state index in [9.17, 15) is 18.4 Å². The van der Waals surface area contributed by atoms with Crippen molar-refractivity contribution in [2.45, 2.75) is 39.3 Å². The zero-order valence-electron chi connectivity index (χ0n) is 17.0. The number of carbonyl (C=O) groups is 1. The molecule has 0 atom stereocenters. The number of nitrogens with one attached hydrogen (secondary N) is 1. The van der Waals surface area contributed by atoms with Crippen LogP contribution in [-0.2, 0) is 19.4 Å². The minimum atomic E-state index is -2.94. The second-order valence-electron chi connectivity index (χ2n) is 7.19. The van der Waals surface area contributed by atoms with E-state index in [2.05, 4.69) is 15.0 Å². The average molecular weight is 449 g/mol. The molecule has 10 heteroatoms. The van der Waals surface area contributed by atoms with E-state index in [-0.39, 0.29) is 23.0 Å². The maximum Gasteiger partial charge on any atom is 0.387 e. The molecule has 0 bridgehead atoms. The number of halogens is 2. The molecule has 1 N–H and O–H groups in total. The molecule has 1 aliphatic heterocycles. The number of alkyl halides is 2. The van der Waals surface area contributed by atoms with Gasteiger partial charge in [0.2, 0.25) is 0 Å². The Balaban J connectivity index is 1.46. The summed E-state index contributed by atoms with van der Waals surface area (Å²) in [6.45, 7) is -0.176. The fourth-order valence-corrected chi connectivity index (χ4v) is 4.86. The van der Waals surface area contributed by atoms with E-state index >= 15 is 0 Å². The highest BCUT2D eigenvalue weighted by Crippen LogP contribution is 2.30. The maximum atomic E-state index is 12.8. The van der Waals surface area contributed by atoms with Crippen molar-refractivity contribution in [1.29, 1.82) is 0 Å². The maximum absolute atomic E-state index is 12.8. The van der Waals surface area contributed by atoms with E-state index in [4.69, 9.17) is 4.74 Å². The van der Waals surface area contributed by atoms with Crippen LogP contribution in [0.15, 0.2) is 23.0 Å². The SMILES string of the molecule is COc1cc(CCNC(=O)c2sc3nc4n(c(=O)c3c2C)CCC4)ccc1OC(F)F. The van der Waals surface area contributed by atoms with Crippen molar-refractivity contribution < 1.29 is 23.0 Å². The lowest BCUT2D eigenvalue weighted by atomic mass is 10.1. The van der Waals surface area contributed by atoms with Crippen LogP contribution in [0, 0.1) is 6.92 Å². The van der Waals surface area contributed by atoms with Gasteiger partial charge in [-0.15, -0.1) is 11.3 Å². The summed E-state index contributed by atoms with van der Waals surface area (Å²) in [7, 11) is 1.37. The van der Waals surface area contributed by atoms with Gasteiger partial charge in [-0.3, -0.25) is 14.2 Å². The van der Waals surface area contributed by atoms with E-state index in [1.165, 1.54) is 24.5 Å². The van der Waals surface area contributed by atoms with Gasteiger partial charge in [-0.05, 0) is 43.0 Å². The van der Waals surface area contributed by atoms with Crippen LogP contribution < -0.4 is 20.3 Å². The second-order valence-corrected chi connectivity index (χ2v) is 8.19. The highest BCUT2D eigenvalue weighted by molar-refractivity contribution is 7.20. The molecule has 0 saturated carbocycles. The monoisotopic (exact) mass is 449 g/mol. The van der Waals surface area contributed by atoms with Crippen molar-refractivity contribution in [3.63, 3.8) is 0 Å². The van der Waals surface area contributed by atoms with Gasteiger partial charge in [0.05, 0.1) is 17.4 Å². The zero-order valence-corrected chi connectivity index (χ0v) is 17.9. The molecule has 0 saturated heterocycles. The number of aromatic nitrogens is 2. The third-order valence-electron chi connectivity index (χ3n) is 5.26. The number of rotatable bonds is 7. The Bertz CT molecular complexity index is 1210. The summed E-state index contributed by atoms with van der Waals surface area (Å²) in [5, 5.41) is 3.37. The van der Waals surface area contributed by atoms with Gasteiger partial charge in [0, 0.05) is 19.5 Å². The third-order valence-corrected chi connectivity index (χ3v) is 6.45. The molecule has 31 heavy (non-hydrogen) atoms. The number of benzene rings is 1. The van der Waals surface area contributed by atoms with Crippen molar-refractivity contribution in [1.82, 2.24) is 14.9 Å². The Morgan fingerprint density at radius 2 is 2.16 bits per heavy atom. The standard InChI is InChI=1S/C21H21F2N3O4S/c1-11-16-19(25-15-4-3-9-26(15)20(16)28)31-17(11)18(27)24-8-7-12-5-6-13(30-21(22)23)14(10-12)29-2/h5-6,10,21H,3-4,7-9H2,1-2H3,(H,24,27). The first-order valence-electron chi connectivity index (χ1n) is 9.81. The van der Waals surface area contributed by atoms with E-state index < -0.39 is 6.61 Å². The Morgan fingerprint density at radius 1 is 1.35 bits per heavy atom. The molecular formula is C21H21F2N3O4S. The number of nitrogens with zero attached hydrogens (tertiary/aromatic N) is 2. The van der Waals surface area contributed by atoms with Crippen LogP contribution in [0.25, 0.3) is 10.2 Å². The quantitative estimate of drug-likeness (QED) is 0.599. The van der Waals surface area contributed by atoms with Crippen LogP contribution >= 0.6 is 11.3 Å². The predicted molar refractivity (Wildman–Crippen MR) is 113 cm³/mol. The van der Waals surface area contributed by atoms with E-state index in [0.717, 1.165) is 24.2 Å². The summed E-state index contributed by atoms with van der Waals surface area (Å²) < 4.78 is 36.1. The number of hydrogen-bond acceptors (Lipinski definition) is 6. The highest BCUT2D eigenvalue weighted by Gasteiger charge is 2.23. The fraction of sp³-hybridized carbons (Fsp3) is 0.381. The van der Waals surface area contributed by atoms with Gasteiger partial charge in [-0.1, -0.05) is 6.07 Å². The number of aryl methyl sites for hydroxylation is 2. The summed E-state index contributed by atoms with van der Waals surface area (Å²) in [5.74, 6) is 0.662. The minimum Gasteiger partial charge on any atom is -0.493 e. The molecule has 3 aromatic rings. The molecule has 7 nitrogen and oxygen atoms in total. The van der Waals surface area contributed by atoms with Gasteiger partial charge in [-0.25, -0.2) is 4.98 Å². The topological polar surface area (TPSA) is 82.5 Å². The molecule has 1 aliphatic rings. The molecule has 0 spiro atoms. The van der Waals surface area contributed by atoms with Crippen molar-refractivity contribution in [3.8, 4) is 11.5 Å². The fourth-order valence-electron chi connectivity index (χ4n) is 3.75. The number of thiophene rings is 1. The molecule has 164 valence electrons. The lowest BCUT2D eigenvalue weighted by Crippen LogP contribution is -2.25. The predicted octanol–water partition coefficient (Wildman–Crippen LogP) is 3.30. The van der Waals surface area contributed by atoms with Gasteiger partial charge in [0.25, 0.3) is 11.5 Å². The molecule has 1 amide bonds. The number of hydrogen-bond donors (Lipinski definition) is 1. The second kappa shape index (κ2) is 8.62. The summed E-state index contributed by atoms with van der Waals surface area (Å²) >= 11 is 1.23. The number of methoxy groups -OCH3 is 1. The Morgan fingerprint density at radius 3 is 2.90 bits per heavy atom. The third kappa shape index (κ3) is 4.12. The number of carbonyl (C=O) groups excluding carboxylic acids is 1. The van der Waals surface area contributed by atoms with Crippen molar-refractivity contribution in [2.24, 2.45) is 0 Å². The first-order chi connectivity index (χ1) is 14.9. The summed E-state index contributed by atoms with van der Waals surface area (Å²) in [4.78, 5) is 31.1. The first kappa shape index (κ1) is 21.2. The normalized spacial score (nSPS) is 12.9.